The van der Waals surface area contributed by atoms with Crippen LogP contribution in [0.4, 0.5) is 10.9 Å². The fourth-order valence-electron chi connectivity index (χ4n) is 1.41. The van der Waals surface area contributed by atoms with Crippen molar-refractivity contribution in [2.24, 2.45) is 0 Å². The molecule has 0 unspecified atom stereocenters. The number of amides is 1. The molecule has 0 saturated heterocycles. The Morgan fingerprint density at radius 2 is 2.05 bits per heavy atom. The normalized spacial score (nSPS) is 10.3. The lowest BCUT2D eigenvalue weighted by Crippen LogP contribution is -2.15. The van der Waals surface area contributed by atoms with Gasteiger partial charge in [-0.2, -0.15) is 0 Å². The molecular formula is C12H16N6OS. The summed E-state index contributed by atoms with van der Waals surface area (Å²) in [6.07, 6.45) is 1.80. The van der Waals surface area contributed by atoms with E-state index in [1.54, 1.807) is 12.1 Å². The minimum absolute atomic E-state index is 0.250. The van der Waals surface area contributed by atoms with Crippen LogP contribution in [0.1, 0.15) is 35.8 Å². The Balaban J connectivity index is 1.98. The second kappa shape index (κ2) is 6.90. The van der Waals surface area contributed by atoms with Crippen LogP contribution in [0.5, 0.6) is 0 Å². The molecule has 0 aromatic carbocycles. The van der Waals surface area contributed by atoms with E-state index >= 15 is 0 Å². The zero-order valence-electron chi connectivity index (χ0n) is 11.4. The van der Waals surface area contributed by atoms with Crippen LogP contribution in [-0.4, -0.2) is 32.8 Å². The van der Waals surface area contributed by atoms with E-state index in [1.165, 1.54) is 11.3 Å². The number of carbonyl (C=O) groups excluding carboxylic acids is 1. The number of aromatic nitrogens is 4. The van der Waals surface area contributed by atoms with Crippen molar-refractivity contribution in [2.75, 3.05) is 17.2 Å². The van der Waals surface area contributed by atoms with Crippen LogP contribution in [0, 0.1) is 0 Å². The summed E-state index contributed by atoms with van der Waals surface area (Å²) >= 11 is 1.36. The van der Waals surface area contributed by atoms with Crippen molar-refractivity contribution in [1.29, 1.82) is 0 Å². The molecule has 0 radical (unpaired) electrons. The molecule has 0 spiro atoms. The molecule has 2 aromatic rings. The molecule has 2 N–H and O–H groups in total. The Morgan fingerprint density at radius 3 is 2.65 bits per heavy atom. The highest BCUT2D eigenvalue weighted by Gasteiger charge is 2.11. The summed E-state index contributed by atoms with van der Waals surface area (Å²) in [7, 11) is 0. The van der Waals surface area contributed by atoms with Crippen LogP contribution in [0.15, 0.2) is 12.1 Å². The third kappa shape index (κ3) is 3.70. The molecule has 2 heterocycles. The van der Waals surface area contributed by atoms with Crippen LogP contribution in [-0.2, 0) is 6.42 Å². The van der Waals surface area contributed by atoms with Gasteiger partial charge < -0.3 is 5.32 Å². The number of anilines is 2. The average Bonchev–Trinajstić information content (AvgIpc) is 2.93. The zero-order chi connectivity index (χ0) is 14.4. The standard InChI is InChI=1S/C12H16N6OS/c1-3-7-13-9-6-5-8(15-16-9)11(19)14-12-18-17-10(4-2)20-12/h5-6H,3-4,7H2,1-2H3,(H,13,16)(H,14,18,19). The largest absolute Gasteiger partial charge is 0.369 e. The molecule has 0 atom stereocenters. The van der Waals surface area contributed by atoms with Gasteiger partial charge in [-0.15, -0.1) is 20.4 Å². The van der Waals surface area contributed by atoms with Gasteiger partial charge in [0.05, 0.1) is 0 Å². The number of rotatable bonds is 6. The topological polar surface area (TPSA) is 92.7 Å². The Hall–Kier alpha value is -2.09. The van der Waals surface area contributed by atoms with Crippen molar-refractivity contribution in [3.05, 3.63) is 22.8 Å². The lowest BCUT2D eigenvalue weighted by Gasteiger charge is -2.03. The van der Waals surface area contributed by atoms with Crippen molar-refractivity contribution in [1.82, 2.24) is 20.4 Å². The number of aryl methyl sites for hydroxylation is 1. The second-order valence-corrected chi connectivity index (χ2v) is 5.10. The van der Waals surface area contributed by atoms with E-state index in [2.05, 4.69) is 38.0 Å². The summed E-state index contributed by atoms with van der Waals surface area (Å²) in [5.74, 6) is 0.325. The first kappa shape index (κ1) is 14.3. The molecule has 106 valence electrons. The van der Waals surface area contributed by atoms with E-state index < -0.39 is 0 Å². The van der Waals surface area contributed by atoms with Crippen LogP contribution in [0.2, 0.25) is 0 Å². The van der Waals surface area contributed by atoms with E-state index in [0.29, 0.717) is 10.9 Å². The Bertz CT molecular complexity index is 568. The second-order valence-electron chi connectivity index (χ2n) is 4.04. The first-order chi connectivity index (χ1) is 9.72. The van der Waals surface area contributed by atoms with Crippen molar-refractivity contribution in [3.8, 4) is 0 Å². The minimum Gasteiger partial charge on any atom is -0.369 e. The molecule has 0 aliphatic heterocycles. The monoisotopic (exact) mass is 292 g/mol. The maximum Gasteiger partial charge on any atom is 0.278 e. The molecule has 2 aromatic heterocycles. The molecule has 0 bridgehead atoms. The highest BCUT2D eigenvalue weighted by Crippen LogP contribution is 2.16. The third-order valence-corrected chi connectivity index (χ3v) is 3.43. The van der Waals surface area contributed by atoms with E-state index in [4.69, 9.17) is 0 Å². The lowest BCUT2D eigenvalue weighted by atomic mass is 10.3. The van der Waals surface area contributed by atoms with Gasteiger partial charge in [-0.05, 0) is 25.0 Å². The predicted molar refractivity (Wildman–Crippen MR) is 78.1 cm³/mol. The van der Waals surface area contributed by atoms with Crippen molar-refractivity contribution < 1.29 is 4.79 Å². The summed E-state index contributed by atoms with van der Waals surface area (Å²) in [5, 5.41) is 22.8. The maximum absolute atomic E-state index is 11.9. The summed E-state index contributed by atoms with van der Waals surface area (Å²) in [4.78, 5) is 11.9. The van der Waals surface area contributed by atoms with Gasteiger partial charge in [0.25, 0.3) is 5.91 Å². The average molecular weight is 292 g/mol. The fourth-order valence-corrected chi connectivity index (χ4v) is 2.08. The van der Waals surface area contributed by atoms with Crippen LogP contribution in [0.25, 0.3) is 0 Å². The molecule has 7 nitrogen and oxygen atoms in total. The fraction of sp³-hybridized carbons (Fsp3) is 0.417. The Labute approximate surface area is 120 Å². The van der Waals surface area contributed by atoms with Gasteiger partial charge in [-0.25, -0.2) is 0 Å². The molecule has 1 amide bonds. The number of carbonyl (C=O) groups is 1. The molecule has 0 aliphatic carbocycles. The first-order valence-electron chi connectivity index (χ1n) is 6.44. The van der Waals surface area contributed by atoms with Gasteiger partial charge in [-0.1, -0.05) is 25.2 Å². The van der Waals surface area contributed by atoms with Crippen molar-refractivity contribution in [3.63, 3.8) is 0 Å². The number of hydrogen-bond donors (Lipinski definition) is 2. The minimum atomic E-state index is -0.335. The van der Waals surface area contributed by atoms with Crippen molar-refractivity contribution in [2.45, 2.75) is 26.7 Å². The Morgan fingerprint density at radius 1 is 1.20 bits per heavy atom. The van der Waals surface area contributed by atoms with Gasteiger partial charge in [0, 0.05) is 6.54 Å². The van der Waals surface area contributed by atoms with Crippen molar-refractivity contribution >= 4 is 28.2 Å². The van der Waals surface area contributed by atoms with Gasteiger partial charge in [-0.3, -0.25) is 10.1 Å². The van der Waals surface area contributed by atoms with E-state index in [-0.39, 0.29) is 11.6 Å². The molecule has 8 heteroatoms. The number of nitrogens with one attached hydrogen (secondary N) is 2. The van der Waals surface area contributed by atoms with Gasteiger partial charge >= 0.3 is 0 Å². The van der Waals surface area contributed by atoms with Gasteiger partial charge in [0.1, 0.15) is 10.8 Å². The third-order valence-electron chi connectivity index (χ3n) is 2.44. The molecule has 0 saturated carbocycles. The van der Waals surface area contributed by atoms with E-state index in [1.807, 2.05) is 6.92 Å². The smallest absolute Gasteiger partial charge is 0.278 e. The summed E-state index contributed by atoms with van der Waals surface area (Å²) in [5.41, 5.74) is 0.250. The van der Waals surface area contributed by atoms with E-state index in [0.717, 1.165) is 24.4 Å². The number of nitrogens with zero attached hydrogens (tertiary/aromatic N) is 4. The van der Waals surface area contributed by atoms with Crippen LogP contribution in [0.3, 0.4) is 0 Å². The molecule has 0 fully saturated rings. The zero-order valence-corrected chi connectivity index (χ0v) is 12.2. The van der Waals surface area contributed by atoms with Gasteiger partial charge in [0.15, 0.2) is 5.69 Å². The van der Waals surface area contributed by atoms with Gasteiger partial charge in [0.2, 0.25) is 5.13 Å². The maximum atomic E-state index is 11.9. The SMILES string of the molecule is CCCNc1ccc(C(=O)Nc2nnc(CC)s2)nn1. The molecular weight excluding hydrogens is 276 g/mol. The first-order valence-corrected chi connectivity index (χ1v) is 7.26. The van der Waals surface area contributed by atoms with E-state index in [9.17, 15) is 4.79 Å². The molecule has 2 rings (SSSR count). The highest BCUT2D eigenvalue weighted by atomic mass is 32.1. The van der Waals surface area contributed by atoms with Crippen LogP contribution < -0.4 is 10.6 Å². The quantitative estimate of drug-likeness (QED) is 0.845. The molecule has 0 aliphatic rings. The lowest BCUT2D eigenvalue weighted by molar-refractivity contribution is 0.102. The summed E-state index contributed by atoms with van der Waals surface area (Å²) in [6, 6.07) is 3.36. The Kier molecular flexibility index (Phi) is 4.94. The highest BCUT2D eigenvalue weighted by molar-refractivity contribution is 7.15. The van der Waals surface area contributed by atoms with Crippen LogP contribution >= 0.6 is 11.3 Å². The number of hydrogen-bond acceptors (Lipinski definition) is 7. The summed E-state index contributed by atoms with van der Waals surface area (Å²) in [6.45, 7) is 4.87. The predicted octanol–water partition coefficient (Wildman–Crippen LogP) is 1.96. The summed E-state index contributed by atoms with van der Waals surface area (Å²) < 4.78 is 0. The molecule has 20 heavy (non-hydrogen) atoms.